The van der Waals surface area contributed by atoms with Gasteiger partial charge in [0.1, 0.15) is 0 Å². The van der Waals surface area contributed by atoms with E-state index in [1.807, 2.05) is 6.07 Å². The van der Waals surface area contributed by atoms with Crippen LogP contribution in [-0.2, 0) is 0 Å². The Bertz CT molecular complexity index is 678. The van der Waals surface area contributed by atoms with Crippen LogP contribution in [0.1, 0.15) is 5.56 Å². The summed E-state index contributed by atoms with van der Waals surface area (Å²) in [6.45, 7) is 5.60. The van der Waals surface area contributed by atoms with Crippen LogP contribution < -0.4 is 0 Å². The zero-order valence-corrected chi connectivity index (χ0v) is 8.77. The summed E-state index contributed by atoms with van der Waals surface area (Å²) in [6.07, 6.45) is 1.61. The van der Waals surface area contributed by atoms with Crippen molar-refractivity contribution in [1.29, 1.82) is 0 Å². The third-order valence-electron chi connectivity index (χ3n) is 2.92. The van der Waals surface area contributed by atoms with Gasteiger partial charge in [-0.1, -0.05) is 61.2 Å². The Morgan fingerprint density at radius 2 is 1.75 bits per heavy atom. The van der Waals surface area contributed by atoms with E-state index < -0.39 is 0 Å². The molecule has 0 heteroatoms. The zero-order chi connectivity index (χ0) is 11.0. The maximum Gasteiger partial charge on any atom is -0.00987 e. The Balaban J connectivity index is 2.57. The van der Waals surface area contributed by atoms with E-state index in [9.17, 15) is 0 Å². The fourth-order valence-electron chi connectivity index (χ4n) is 2.14. The van der Waals surface area contributed by atoms with Crippen molar-refractivity contribution >= 4 is 27.6 Å². The molecule has 16 heavy (non-hydrogen) atoms. The van der Waals surface area contributed by atoms with Gasteiger partial charge in [-0.05, 0) is 33.2 Å². The summed E-state index contributed by atoms with van der Waals surface area (Å²) in [5.41, 5.74) is 0.961. The Hall–Kier alpha value is -2.08. The molecule has 0 unspecified atom stereocenters. The average Bonchev–Trinajstić information content (AvgIpc) is 2.37. The highest BCUT2D eigenvalue weighted by Crippen LogP contribution is 2.27. The van der Waals surface area contributed by atoms with Crippen molar-refractivity contribution in [2.75, 3.05) is 0 Å². The van der Waals surface area contributed by atoms with Crippen LogP contribution in [0.25, 0.3) is 27.6 Å². The molecule has 0 nitrogen and oxygen atoms in total. The Labute approximate surface area is 94.8 Å². The van der Waals surface area contributed by atoms with Crippen LogP contribution in [0.2, 0.25) is 0 Å². The molecule has 2 radical (unpaired) electrons. The highest BCUT2D eigenvalue weighted by atomic mass is 14.0. The van der Waals surface area contributed by atoms with Gasteiger partial charge in [0.25, 0.3) is 0 Å². The van der Waals surface area contributed by atoms with Gasteiger partial charge in [0.15, 0.2) is 0 Å². The van der Waals surface area contributed by atoms with Crippen molar-refractivity contribution in [3.63, 3.8) is 0 Å². The van der Waals surface area contributed by atoms with Crippen LogP contribution in [0.3, 0.4) is 0 Å². The summed E-state index contributed by atoms with van der Waals surface area (Å²) in [5.74, 6) is 0. The minimum atomic E-state index is 0.961. The van der Waals surface area contributed by atoms with Crippen molar-refractivity contribution in [2.45, 2.75) is 0 Å². The predicted octanol–water partition coefficient (Wildman–Crippen LogP) is 4.24. The maximum absolute atomic E-state index is 5.60. The lowest BCUT2D eigenvalue weighted by Crippen LogP contribution is -1.80. The van der Waals surface area contributed by atoms with Gasteiger partial charge in [0.2, 0.25) is 0 Å². The van der Waals surface area contributed by atoms with Gasteiger partial charge in [-0.15, -0.1) is 0 Å². The first-order chi connectivity index (χ1) is 7.90. The minimum absolute atomic E-state index is 0.961. The second-order valence-electron chi connectivity index (χ2n) is 3.81. The molecule has 0 amide bonds. The maximum atomic E-state index is 5.60. The van der Waals surface area contributed by atoms with E-state index in [1.165, 1.54) is 16.2 Å². The van der Waals surface area contributed by atoms with Gasteiger partial charge in [-0.25, -0.2) is 0 Å². The SMILES string of the molecule is [CH]=Cc1[c]ccc2c1ccc1ccccc12. The van der Waals surface area contributed by atoms with Crippen LogP contribution >= 0.6 is 0 Å². The molecule has 0 saturated carbocycles. The molecule has 0 heterocycles. The average molecular weight is 202 g/mol. The molecule has 0 saturated heterocycles. The third kappa shape index (κ3) is 1.24. The van der Waals surface area contributed by atoms with Crippen LogP contribution in [0, 0.1) is 12.6 Å². The lowest BCUT2D eigenvalue weighted by molar-refractivity contribution is 1.72. The van der Waals surface area contributed by atoms with Gasteiger partial charge in [-0.2, -0.15) is 0 Å². The molecule has 0 aromatic heterocycles. The first-order valence-electron chi connectivity index (χ1n) is 5.27. The van der Waals surface area contributed by atoms with Crippen LogP contribution in [-0.4, -0.2) is 0 Å². The first-order valence-corrected chi connectivity index (χ1v) is 5.27. The number of benzene rings is 3. The zero-order valence-electron chi connectivity index (χ0n) is 8.77. The normalized spacial score (nSPS) is 10.8. The summed E-state index contributed by atoms with van der Waals surface area (Å²) in [5, 5.41) is 4.90. The molecular weight excluding hydrogens is 192 g/mol. The molecule has 3 aromatic carbocycles. The van der Waals surface area contributed by atoms with Crippen LogP contribution in [0.15, 0.2) is 48.5 Å². The fraction of sp³-hybridized carbons (Fsp3) is 0. The first kappa shape index (κ1) is 9.17. The molecule has 0 aliphatic heterocycles. The molecular formula is C16H10. The van der Waals surface area contributed by atoms with E-state index >= 15 is 0 Å². The lowest BCUT2D eigenvalue weighted by Gasteiger charge is -2.05. The van der Waals surface area contributed by atoms with Gasteiger partial charge in [0, 0.05) is 0 Å². The third-order valence-corrected chi connectivity index (χ3v) is 2.92. The number of hydrogen-bond acceptors (Lipinski definition) is 0. The predicted molar refractivity (Wildman–Crippen MR) is 69.1 cm³/mol. The molecule has 3 aromatic rings. The lowest BCUT2D eigenvalue weighted by atomic mass is 9.98. The summed E-state index contributed by atoms with van der Waals surface area (Å²) in [7, 11) is 0. The van der Waals surface area contributed by atoms with Gasteiger partial charge < -0.3 is 0 Å². The molecule has 0 N–H and O–H groups in total. The largest absolute Gasteiger partial charge is 0.0616 e. The monoisotopic (exact) mass is 202 g/mol. The molecule has 3 rings (SSSR count). The summed E-state index contributed by atoms with van der Waals surface area (Å²) >= 11 is 0. The molecule has 74 valence electrons. The van der Waals surface area contributed by atoms with Crippen molar-refractivity contribution in [3.8, 4) is 0 Å². The van der Waals surface area contributed by atoms with E-state index in [0.717, 1.165) is 10.9 Å². The molecule has 0 fully saturated rings. The van der Waals surface area contributed by atoms with E-state index in [0.29, 0.717) is 0 Å². The summed E-state index contributed by atoms with van der Waals surface area (Å²) in [6, 6.07) is 19.8. The highest BCUT2D eigenvalue weighted by molar-refractivity contribution is 6.09. The van der Waals surface area contributed by atoms with Crippen molar-refractivity contribution in [3.05, 3.63) is 66.7 Å². The number of hydrogen-bond donors (Lipinski definition) is 0. The van der Waals surface area contributed by atoms with E-state index in [1.54, 1.807) is 6.08 Å². The highest BCUT2D eigenvalue weighted by Gasteiger charge is 2.01. The van der Waals surface area contributed by atoms with Gasteiger partial charge >= 0.3 is 0 Å². The summed E-state index contributed by atoms with van der Waals surface area (Å²) < 4.78 is 0. The second kappa shape index (κ2) is 3.49. The van der Waals surface area contributed by atoms with Crippen LogP contribution in [0.4, 0.5) is 0 Å². The van der Waals surface area contributed by atoms with Crippen LogP contribution in [0.5, 0.6) is 0 Å². The number of fused-ring (bicyclic) bond motifs is 3. The Kier molecular flexibility index (Phi) is 2.00. The molecule has 0 bridgehead atoms. The van der Waals surface area contributed by atoms with Crippen molar-refractivity contribution in [1.82, 2.24) is 0 Å². The quantitative estimate of drug-likeness (QED) is 0.518. The van der Waals surface area contributed by atoms with E-state index in [-0.39, 0.29) is 0 Å². The fourth-order valence-corrected chi connectivity index (χ4v) is 2.14. The van der Waals surface area contributed by atoms with E-state index in [4.69, 9.17) is 6.58 Å². The van der Waals surface area contributed by atoms with Crippen molar-refractivity contribution < 1.29 is 0 Å². The molecule has 0 spiro atoms. The standard InChI is InChI=1S/C16H10/c1-2-12-7-5-9-16-14-8-4-3-6-13(14)10-11-15(12)16/h1-6,8-11H. The van der Waals surface area contributed by atoms with Gasteiger partial charge in [0.05, 0.1) is 0 Å². The molecule has 0 aliphatic carbocycles. The Morgan fingerprint density at radius 1 is 0.875 bits per heavy atom. The smallest absolute Gasteiger partial charge is 0.00987 e. The Morgan fingerprint density at radius 3 is 2.62 bits per heavy atom. The molecule has 0 atom stereocenters. The van der Waals surface area contributed by atoms with Gasteiger partial charge in [-0.3, -0.25) is 0 Å². The van der Waals surface area contributed by atoms with E-state index in [2.05, 4.69) is 48.5 Å². The summed E-state index contributed by atoms with van der Waals surface area (Å²) in [4.78, 5) is 0. The molecule has 0 aliphatic rings. The number of rotatable bonds is 1. The van der Waals surface area contributed by atoms with Crippen molar-refractivity contribution in [2.24, 2.45) is 0 Å². The second-order valence-corrected chi connectivity index (χ2v) is 3.81. The topological polar surface area (TPSA) is 0 Å². The minimum Gasteiger partial charge on any atom is -0.0616 e.